The molecular formula is C17H25N3O. The van der Waals surface area contributed by atoms with Crippen molar-refractivity contribution in [3.8, 4) is 0 Å². The first-order valence-electron chi connectivity index (χ1n) is 7.94. The van der Waals surface area contributed by atoms with Crippen molar-refractivity contribution in [1.82, 2.24) is 10.3 Å². The Hall–Kier alpha value is -1.84. The van der Waals surface area contributed by atoms with Gasteiger partial charge < -0.3 is 10.6 Å². The SMILES string of the molecule is CCCNC(=O)c1cncc(NCCC2=CCCCC2)c1. The Morgan fingerprint density at radius 2 is 2.19 bits per heavy atom. The van der Waals surface area contributed by atoms with Gasteiger partial charge in [0.15, 0.2) is 0 Å². The summed E-state index contributed by atoms with van der Waals surface area (Å²) in [5.74, 6) is -0.0528. The van der Waals surface area contributed by atoms with Crippen LogP contribution in [0.3, 0.4) is 0 Å². The number of carbonyl (C=O) groups excluding carboxylic acids is 1. The minimum absolute atomic E-state index is 0.0528. The third-order valence-corrected chi connectivity index (χ3v) is 3.70. The van der Waals surface area contributed by atoms with E-state index in [4.69, 9.17) is 0 Å². The zero-order valence-corrected chi connectivity index (χ0v) is 12.8. The van der Waals surface area contributed by atoms with E-state index in [2.05, 4.69) is 21.7 Å². The fourth-order valence-electron chi connectivity index (χ4n) is 2.50. The highest BCUT2D eigenvalue weighted by molar-refractivity contribution is 5.94. The number of nitrogens with one attached hydrogen (secondary N) is 2. The van der Waals surface area contributed by atoms with E-state index < -0.39 is 0 Å². The predicted molar refractivity (Wildman–Crippen MR) is 86.5 cm³/mol. The standard InChI is InChI=1S/C17H25N3O/c1-2-9-20-17(21)15-11-16(13-18-12-15)19-10-8-14-6-4-3-5-7-14/h6,11-13,19H,2-5,7-10H2,1H3,(H,20,21). The molecule has 114 valence electrons. The molecule has 0 bridgehead atoms. The molecule has 0 fully saturated rings. The van der Waals surface area contributed by atoms with Crippen molar-refractivity contribution >= 4 is 11.6 Å². The van der Waals surface area contributed by atoms with E-state index in [0.717, 1.165) is 25.1 Å². The summed E-state index contributed by atoms with van der Waals surface area (Å²) in [6, 6.07) is 1.87. The fourth-order valence-corrected chi connectivity index (χ4v) is 2.50. The van der Waals surface area contributed by atoms with Gasteiger partial charge in [0.25, 0.3) is 5.91 Å². The van der Waals surface area contributed by atoms with Gasteiger partial charge in [-0.2, -0.15) is 0 Å². The molecule has 1 heterocycles. The van der Waals surface area contributed by atoms with E-state index in [-0.39, 0.29) is 5.91 Å². The van der Waals surface area contributed by atoms with Gasteiger partial charge in [-0.3, -0.25) is 9.78 Å². The monoisotopic (exact) mass is 287 g/mol. The van der Waals surface area contributed by atoms with Gasteiger partial charge in [0.05, 0.1) is 11.3 Å². The van der Waals surface area contributed by atoms with Crippen LogP contribution in [0, 0.1) is 0 Å². The van der Waals surface area contributed by atoms with Crippen LogP contribution in [0.1, 0.15) is 55.8 Å². The maximum Gasteiger partial charge on any atom is 0.252 e. The van der Waals surface area contributed by atoms with Crippen LogP contribution in [0.15, 0.2) is 30.1 Å². The molecule has 4 heteroatoms. The molecule has 1 amide bonds. The molecule has 0 unspecified atom stereocenters. The first-order valence-corrected chi connectivity index (χ1v) is 7.94. The van der Waals surface area contributed by atoms with Gasteiger partial charge in [-0.1, -0.05) is 18.6 Å². The summed E-state index contributed by atoms with van der Waals surface area (Å²) in [6.45, 7) is 3.63. The zero-order valence-electron chi connectivity index (χ0n) is 12.8. The Morgan fingerprint density at radius 1 is 1.29 bits per heavy atom. The molecule has 0 spiro atoms. The van der Waals surface area contributed by atoms with Gasteiger partial charge in [-0.15, -0.1) is 0 Å². The summed E-state index contributed by atoms with van der Waals surface area (Å²) < 4.78 is 0. The lowest BCUT2D eigenvalue weighted by Gasteiger charge is -2.13. The maximum absolute atomic E-state index is 11.9. The Kier molecular flexibility index (Phi) is 6.25. The number of pyridine rings is 1. The highest BCUT2D eigenvalue weighted by Crippen LogP contribution is 2.20. The molecule has 1 aromatic rings. The number of hydrogen-bond donors (Lipinski definition) is 2. The van der Waals surface area contributed by atoms with Gasteiger partial charge in [-0.05, 0) is 44.6 Å². The fraction of sp³-hybridized carbons (Fsp3) is 0.529. The van der Waals surface area contributed by atoms with Crippen LogP contribution >= 0.6 is 0 Å². The lowest BCUT2D eigenvalue weighted by molar-refractivity contribution is 0.0953. The molecule has 0 saturated carbocycles. The number of rotatable bonds is 7. The molecule has 0 atom stereocenters. The third kappa shape index (κ3) is 5.21. The summed E-state index contributed by atoms with van der Waals surface area (Å²) >= 11 is 0. The molecule has 1 aliphatic carbocycles. The average molecular weight is 287 g/mol. The minimum atomic E-state index is -0.0528. The lowest BCUT2D eigenvalue weighted by Crippen LogP contribution is -2.24. The number of carbonyl (C=O) groups is 1. The topological polar surface area (TPSA) is 54.0 Å². The minimum Gasteiger partial charge on any atom is -0.383 e. The average Bonchev–Trinajstić information content (AvgIpc) is 2.54. The van der Waals surface area contributed by atoms with E-state index in [1.54, 1.807) is 18.0 Å². The first kappa shape index (κ1) is 15.5. The third-order valence-electron chi connectivity index (χ3n) is 3.70. The Balaban J connectivity index is 1.83. The van der Waals surface area contributed by atoms with E-state index in [1.807, 2.05) is 13.0 Å². The quantitative estimate of drug-likeness (QED) is 0.754. The predicted octanol–water partition coefficient (Wildman–Crippen LogP) is 3.52. The van der Waals surface area contributed by atoms with Crippen LogP contribution in [0.25, 0.3) is 0 Å². The number of nitrogens with zero attached hydrogens (tertiary/aromatic N) is 1. The van der Waals surface area contributed by atoms with Crippen molar-refractivity contribution < 1.29 is 4.79 Å². The van der Waals surface area contributed by atoms with Gasteiger partial charge in [0, 0.05) is 25.5 Å². The number of anilines is 1. The second-order valence-corrected chi connectivity index (χ2v) is 5.50. The molecule has 2 N–H and O–H groups in total. The van der Waals surface area contributed by atoms with Crippen LogP contribution in [0.4, 0.5) is 5.69 Å². The number of hydrogen-bond acceptors (Lipinski definition) is 3. The Labute approximate surface area is 127 Å². The molecule has 2 rings (SSSR count). The van der Waals surface area contributed by atoms with Crippen LogP contribution in [-0.2, 0) is 0 Å². The summed E-state index contributed by atoms with van der Waals surface area (Å²) in [7, 11) is 0. The number of amides is 1. The van der Waals surface area contributed by atoms with Crippen LogP contribution in [0.2, 0.25) is 0 Å². The van der Waals surface area contributed by atoms with Gasteiger partial charge in [0.1, 0.15) is 0 Å². The van der Waals surface area contributed by atoms with Crippen LogP contribution < -0.4 is 10.6 Å². The molecule has 0 saturated heterocycles. The van der Waals surface area contributed by atoms with Gasteiger partial charge in [0.2, 0.25) is 0 Å². The summed E-state index contributed by atoms with van der Waals surface area (Å²) in [5, 5.41) is 6.23. The van der Waals surface area contributed by atoms with E-state index in [1.165, 1.54) is 25.7 Å². The molecular weight excluding hydrogens is 262 g/mol. The number of aromatic nitrogens is 1. The molecule has 21 heavy (non-hydrogen) atoms. The van der Waals surface area contributed by atoms with Crippen molar-refractivity contribution in [3.63, 3.8) is 0 Å². The van der Waals surface area contributed by atoms with Crippen LogP contribution in [0.5, 0.6) is 0 Å². The van der Waals surface area contributed by atoms with Crippen molar-refractivity contribution in [1.29, 1.82) is 0 Å². The van der Waals surface area contributed by atoms with Crippen molar-refractivity contribution in [2.24, 2.45) is 0 Å². The lowest BCUT2D eigenvalue weighted by atomic mass is 9.97. The molecule has 1 aliphatic rings. The van der Waals surface area contributed by atoms with Crippen LogP contribution in [-0.4, -0.2) is 24.0 Å². The smallest absolute Gasteiger partial charge is 0.252 e. The highest BCUT2D eigenvalue weighted by Gasteiger charge is 2.06. The normalized spacial score (nSPS) is 14.4. The largest absolute Gasteiger partial charge is 0.383 e. The summed E-state index contributed by atoms with van der Waals surface area (Å²) in [4.78, 5) is 16.0. The second kappa shape index (κ2) is 8.45. The van der Waals surface area contributed by atoms with Gasteiger partial charge >= 0.3 is 0 Å². The van der Waals surface area contributed by atoms with E-state index in [0.29, 0.717) is 12.1 Å². The Bertz CT molecular complexity index is 497. The molecule has 0 aromatic carbocycles. The molecule has 0 radical (unpaired) electrons. The van der Waals surface area contributed by atoms with Crippen molar-refractivity contribution in [2.45, 2.75) is 45.4 Å². The van der Waals surface area contributed by atoms with Gasteiger partial charge in [-0.25, -0.2) is 0 Å². The maximum atomic E-state index is 11.9. The molecule has 4 nitrogen and oxygen atoms in total. The summed E-state index contributed by atoms with van der Waals surface area (Å²) in [6.07, 6.45) is 12.9. The second-order valence-electron chi connectivity index (χ2n) is 5.50. The summed E-state index contributed by atoms with van der Waals surface area (Å²) in [5.41, 5.74) is 3.08. The van der Waals surface area contributed by atoms with Crippen molar-refractivity contribution in [3.05, 3.63) is 35.7 Å². The Morgan fingerprint density at radius 3 is 2.95 bits per heavy atom. The number of allylic oxidation sites excluding steroid dienone is 1. The zero-order chi connectivity index (χ0) is 14.9. The van der Waals surface area contributed by atoms with Crippen molar-refractivity contribution in [2.75, 3.05) is 18.4 Å². The molecule has 1 aromatic heterocycles. The van der Waals surface area contributed by atoms with E-state index >= 15 is 0 Å². The van der Waals surface area contributed by atoms with E-state index in [9.17, 15) is 4.79 Å². The first-order chi connectivity index (χ1) is 10.3. The molecule has 0 aliphatic heterocycles. The highest BCUT2D eigenvalue weighted by atomic mass is 16.1.